The number of hydrogen-bond donors (Lipinski definition) is 3. The minimum atomic E-state index is -4.15. The Morgan fingerprint density at radius 2 is 2.03 bits per heavy atom. The highest BCUT2D eigenvalue weighted by atomic mass is 19.4. The topological polar surface area (TPSA) is 80.2 Å². The summed E-state index contributed by atoms with van der Waals surface area (Å²) in [6.07, 6.45) is 1.18. The molecule has 2 saturated heterocycles. The first kappa shape index (κ1) is 25.0. The summed E-state index contributed by atoms with van der Waals surface area (Å²) in [5, 5.41) is 9.70. The van der Waals surface area contributed by atoms with Gasteiger partial charge >= 0.3 is 12.2 Å². The molecule has 34 heavy (non-hydrogen) atoms. The summed E-state index contributed by atoms with van der Waals surface area (Å²) in [5.74, 6) is 0.902. The number of halogens is 3. The van der Waals surface area contributed by atoms with Crippen LogP contribution in [0.25, 0.3) is 0 Å². The second-order valence-corrected chi connectivity index (χ2v) is 10.7. The molecule has 190 valence electrons. The van der Waals surface area contributed by atoms with Gasteiger partial charge in [-0.05, 0) is 44.1 Å². The average molecular weight is 484 g/mol. The van der Waals surface area contributed by atoms with Crippen molar-refractivity contribution in [2.75, 3.05) is 26.2 Å². The maximum Gasteiger partial charge on any atom is 0.389 e. The molecule has 10 heteroatoms. The molecule has 1 aliphatic carbocycles. The van der Waals surface area contributed by atoms with Crippen molar-refractivity contribution in [2.24, 2.45) is 28.2 Å². The molecule has 2 amide bonds. The fourth-order valence-corrected chi connectivity index (χ4v) is 5.70. The lowest BCUT2D eigenvalue weighted by molar-refractivity contribution is -0.142. The van der Waals surface area contributed by atoms with Crippen LogP contribution in [0.4, 0.5) is 18.0 Å². The van der Waals surface area contributed by atoms with Gasteiger partial charge in [-0.3, -0.25) is 0 Å². The molecule has 4 unspecified atom stereocenters. The fourth-order valence-electron chi connectivity index (χ4n) is 5.70. The summed E-state index contributed by atoms with van der Waals surface area (Å²) in [6, 6.07) is 0.0475. The molecule has 0 aromatic carbocycles. The summed E-state index contributed by atoms with van der Waals surface area (Å²) >= 11 is 0. The van der Waals surface area contributed by atoms with E-state index in [9.17, 15) is 23.1 Å². The van der Waals surface area contributed by atoms with Crippen LogP contribution >= 0.6 is 0 Å². The second-order valence-electron chi connectivity index (χ2n) is 10.7. The number of aliphatic hydroxyl groups excluding tert-OH is 1. The lowest BCUT2D eigenvalue weighted by atomic mass is 9.77. The lowest BCUT2D eigenvalue weighted by Gasteiger charge is -2.52. The van der Waals surface area contributed by atoms with Crippen molar-refractivity contribution in [3.63, 3.8) is 0 Å². The zero-order chi connectivity index (χ0) is 24.7. The molecule has 3 fully saturated rings. The number of nitrogens with zero attached hydrogens (tertiary/aromatic N) is 3. The highest BCUT2D eigenvalue weighted by molar-refractivity contribution is 5.86. The number of aliphatic imine (C=N–C) groups is 1. The molecule has 1 saturated carbocycles. The van der Waals surface area contributed by atoms with E-state index in [0.717, 1.165) is 43.8 Å². The third-order valence-corrected chi connectivity index (χ3v) is 7.69. The average Bonchev–Trinajstić information content (AvgIpc) is 3.33. The third kappa shape index (κ3) is 5.43. The molecule has 3 aliphatic heterocycles. The zero-order valence-electron chi connectivity index (χ0n) is 19.9. The largest absolute Gasteiger partial charge is 0.390 e. The Labute approximate surface area is 199 Å². The predicted octanol–water partition coefficient (Wildman–Crippen LogP) is 3.44. The number of hydrogen-bond acceptors (Lipinski definition) is 5. The summed E-state index contributed by atoms with van der Waals surface area (Å²) < 4.78 is 37.6. The monoisotopic (exact) mass is 483 g/mol. The van der Waals surface area contributed by atoms with Gasteiger partial charge in [0.25, 0.3) is 0 Å². The van der Waals surface area contributed by atoms with Crippen LogP contribution in [0.5, 0.6) is 0 Å². The van der Waals surface area contributed by atoms with E-state index < -0.39 is 24.6 Å². The predicted molar refractivity (Wildman–Crippen MR) is 124 cm³/mol. The number of amidine groups is 1. The highest BCUT2D eigenvalue weighted by Gasteiger charge is 2.52. The Morgan fingerprint density at radius 1 is 1.32 bits per heavy atom. The first-order valence-corrected chi connectivity index (χ1v) is 12.2. The van der Waals surface area contributed by atoms with Crippen molar-refractivity contribution >= 4 is 11.9 Å². The van der Waals surface area contributed by atoms with E-state index in [4.69, 9.17) is 0 Å². The standard InChI is InChI=1S/C24H36F3N5O2/c1-4-17(6-5-15(2)9-24(25,26)27)19-11-31(12-19)22(34)32-13-23(14-32)8-7-18(10-23)21-28-20(16(3)33)29-30-21/h4,6,15-16,18-20,29,33H,1,5,7-14H2,2-3H3,(H,28,30)/b17-6+. The first-order valence-electron chi connectivity index (χ1n) is 12.2. The molecule has 4 atom stereocenters. The Balaban J connectivity index is 1.21. The number of nitrogens with one attached hydrogen (secondary N) is 2. The Hall–Kier alpha value is -2.07. The number of alkyl halides is 3. The van der Waals surface area contributed by atoms with Crippen LogP contribution in [0.2, 0.25) is 0 Å². The number of carbonyl (C=O) groups is 1. The van der Waals surface area contributed by atoms with Gasteiger partial charge in [-0.25, -0.2) is 15.2 Å². The summed E-state index contributed by atoms with van der Waals surface area (Å²) in [4.78, 5) is 21.2. The molecule has 1 spiro atoms. The van der Waals surface area contributed by atoms with Gasteiger partial charge < -0.3 is 20.3 Å². The smallest absolute Gasteiger partial charge is 0.389 e. The number of carbonyl (C=O) groups excluding carboxylic acids is 1. The number of likely N-dealkylation sites (tertiary alicyclic amines) is 2. The fraction of sp³-hybridized carbons (Fsp3) is 0.750. The molecular formula is C24H36F3N5O2. The number of aliphatic hydroxyl groups is 1. The third-order valence-electron chi connectivity index (χ3n) is 7.69. The Bertz CT molecular complexity index is 844. The normalized spacial score (nSPS) is 28.8. The van der Waals surface area contributed by atoms with Gasteiger partial charge in [0.2, 0.25) is 0 Å². The molecular weight excluding hydrogens is 447 g/mol. The van der Waals surface area contributed by atoms with E-state index in [1.165, 1.54) is 0 Å². The number of urea groups is 1. The van der Waals surface area contributed by atoms with Crippen molar-refractivity contribution in [1.29, 1.82) is 0 Å². The van der Waals surface area contributed by atoms with Crippen LogP contribution in [0.1, 0.15) is 46.0 Å². The van der Waals surface area contributed by atoms with Crippen molar-refractivity contribution in [3.8, 4) is 0 Å². The van der Waals surface area contributed by atoms with Gasteiger partial charge in [0.15, 0.2) is 0 Å². The van der Waals surface area contributed by atoms with Gasteiger partial charge in [-0.15, -0.1) is 0 Å². The maximum absolute atomic E-state index is 12.9. The first-order chi connectivity index (χ1) is 16.0. The molecule has 4 aliphatic rings. The number of amides is 2. The highest BCUT2D eigenvalue weighted by Crippen LogP contribution is 2.49. The molecule has 0 bridgehead atoms. The van der Waals surface area contributed by atoms with E-state index in [-0.39, 0.29) is 23.5 Å². The quantitative estimate of drug-likeness (QED) is 0.485. The van der Waals surface area contributed by atoms with Crippen molar-refractivity contribution in [2.45, 2.75) is 64.4 Å². The maximum atomic E-state index is 12.9. The van der Waals surface area contributed by atoms with Crippen LogP contribution in [0.15, 0.2) is 29.3 Å². The molecule has 3 N–H and O–H groups in total. The lowest BCUT2D eigenvalue weighted by Crippen LogP contribution is -2.64. The Morgan fingerprint density at radius 3 is 2.62 bits per heavy atom. The zero-order valence-corrected chi connectivity index (χ0v) is 19.9. The van der Waals surface area contributed by atoms with E-state index in [0.29, 0.717) is 25.4 Å². The van der Waals surface area contributed by atoms with Crippen molar-refractivity contribution < 1.29 is 23.1 Å². The van der Waals surface area contributed by atoms with Crippen molar-refractivity contribution in [1.82, 2.24) is 20.7 Å². The van der Waals surface area contributed by atoms with Gasteiger partial charge in [0.1, 0.15) is 12.0 Å². The van der Waals surface area contributed by atoms with E-state index in [2.05, 4.69) is 22.4 Å². The van der Waals surface area contributed by atoms with Crippen LogP contribution in [-0.2, 0) is 0 Å². The van der Waals surface area contributed by atoms with Crippen LogP contribution in [0.3, 0.4) is 0 Å². The van der Waals surface area contributed by atoms with E-state index >= 15 is 0 Å². The van der Waals surface area contributed by atoms with Crippen LogP contribution < -0.4 is 10.9 Å². The SMILES string of the molecule is C=C/C(=C\CC(C)CC(F)(F)F)C1CN(C(=O)N2CC3(CCC(C4=NC(C(C)O)NN4)C3)C2)C1. The molecule has 0 radical (unpaired) electrons. The Kier molecular flexibility index (Phi) is 7.01. The molecule has 0 aromatic heterocycles. The molecule has 3 heterocycles. The number of rotatable bonds is 7. The summed E-state index contributed by atoms with van der Waals surface area (Å²) in [7, 11) is 0. The van der Waals surface area contributed by atoms with Crippen molar-refractivity contribution in [3.05, 3.63) is 24.3 Å². The second kappa shape index (κ2) is 9.53. The van der Waals surface area contributed by atoms with E-state index in [1.54, 1.807) is 19.9 Å². The van der Waals surface area contributed by atoms with Gasteiger partial charge in [-0.2, -0.15) is 13.2 Å². The summed E-state index contributed by atoms with van der Waals surface area (Å²) in [6.45, 7) is 9.80. The number of hydrazine groups is 1. The number of allylic oxidation sites excluding steroid dienone is 2. The minimum absolute atomic E-state index is 0.0475. The minimum Gasteiger partial charge on any atom is -0.390 e. The van der Waals surface area contributed by atoms with Crippen LogP contribution in [0, 0.1) is 23.2 Å². The molecule has 7 nitrogen and oxygen atoms in total. The van der Waals surface area contributed by atoms with Gasteiger partial charge in [0, 0.05) is 49.9 Å². The summed E-state index contributed by atoms with van der Waals surface area (Å²) in [5.41, 5.74) is 7.21. The van der Waals surface area contributed by atoms with Gasteiger partial charge in [0.05, 0.1) is 6.10 Å². The van der Waals surface area contributed by atoms with Gasteiger partial charge in [-0.1, -0.05) is 25.7 Å². The molecule has 4 rings (SSSR count). The molecule has 0 aromatic rings. The van der Waals surface area contributed by atoms with Crippen LogP contribution in [-0.4, -0.2) is 71.4 Å². The van der Waals surface area contributed by atoms with E-state index in [1.807, 2.05) is 15.9 Å².